The Balaban J connectivity index is 3.02. The van der Waals surface area contributed by atoms with Crippen LogP contribution in [0.15, 0.2) is 18.3 Å². The third-order valence-electron chi connectivity index (χ3n) is 1.08. The summed E-state index contributed by atoms with van der Waals surface area (Å²) < 4.78 is 20.9. The summed E-state index contributed by atoms with van der Waals surface area (Å²) in [6.07, 6.45) is -0.147. The number of aliphatic hydroxyl groups excluding tert-OH is 1. The minimum Gasteiger partial charge on any atom is -0.389 e. The number of halogens is 1. The van der Waals surface area contributed by atoms with Crippen LogP contribution in [0.5, 0.6) is 0 Å². The van der Waals surface area contributed by atoms with E-state index >= 15 is 0 Å². The molecule has 0 saturated heterocycles. The summed E-state index contributed by atoms with van der Waals surface area (Å²) in [7, 11) is 0. The van der Waals surface area contributed by atoms with E-state index < -0.39 is 13.0 Å². The van der Waals surface area contributed by atoms with E-state index in [0.717, 1.165) is 0 Å². The van der Waals surface area contributed by atoms with E-state index in [1.54, 1.807) is 0 Å². The Kier molecular flexibility index (Phi) is 1.29. The predicted molar refractivity (Wildman–Crippen MR) is 39.9 cm³/mol. The third-order valence-corrected chi connectivity index (χ3v) is 1.40. The lowest BCUT2D eigenvalue weighted by molar-refractivity contribution is 0.199. The van der Waals surface area contributed by atoms with Crippen LogP contribution in [0.25, 0.3) is 0 Å². The van der Waals surface area contributed by atoms with Gasteiger partial charge in [0.1, 0.15) is 5.15 Å². The fourth-order valence-corrected chi connectivity index (χ4v) is 0.825. The standard InChI is InChI=1S/C7H8ClNO/c1-5(10)6-3-2-4-9-7(6)8/h2-5,10H,1H3/i1D3. The Bertz CT molecular complexity index is 302. The van der Waals surface area contributed by atoms with Crippen molar-refractivity contribution in [1.82, 2.24) is 4.98 Å². The molecule has 10 heavy (non-hydrogen) atoms. The van der Waals surface area contributed by atoms with Crippen molar-refractivity contribution in [1.29, 1.82) is 0 Å². The average Bonchev–Trinajstić information content (AvgIpc) is 2.02. The van der Waals surface area contributed by atoms with Crippen LogP contribution in [0.1, 0.15) is 22.6 Å². The minimum atomic E-state index is -2.47. The molecule has 0 aromatic carbocycles. The molecule has 1 N–H and O–H groups in total. The number of hydrogen-bond donors (Lipinski definition) is 1. The normalized spacial score (nSPS) is 18.8. The number of nitrogens with zero attached hydrogens (tertiary/aromatic N) is 1. The molecule has 1 aromatic rings. The van der Waals surface area contributed by atoms with Crippen molar-refractivity contribution >= 4 is 11.6 Å². The highest BCUT2D eigenvalue weighted by Gasteiger charge is 2.04. The first kappa shape index (κ1) is 4.31. The van der Waals surface area contributed by atoms with E-state index in [2.05, 4.69) is 4.98 Å². The molecule has 0 spiro atoms. The van der Waals surface area contributed by atoms with Crippen LogP contribution in [0.3, 0.4) is 0 Å². The van der Waals surface area contributed by atoms with Crippen molar-refractivity contribution in [2.45, 2.75) is 13.0 Å². The second-order valence-corrected chi connectivity index (χ2v) is 2.14. The van der Waals surface area contributed by atoms with Crippen LogP contribution in [0, 0.1) is 0 Å². The van der Waals surface area contributed by atoms with Gasteiger partial charge < -0.3 is 5.11 Å². The summed E-state index contributed by atoms with van der Waals surface area (Å²) in [5, 5.41) is 9.37. The molecule has 2 nitrogen and oxygen atoms in total. The Labute approximate surface area is 68.7 Å². The third kappa shape index (κ3) is 1.46. The molecule has 1 unspecified atom stereocenters. The number of aromatic nitrogens is 1. The summed E-state index contributed by atoms with van der Waals surface area (Å²) >= 11 is 5.60. The first-order chi connectivity index (χ1) is 5.93. The molecule has 0 aliphatic heterocycles. The fraction of sp³-hybridized carbons (Fsp3) is 0.286. The summed E-state index contributed by atoms with van der Waals surface area (Å²) in [6.45, 7) is -2.47. The summed E-state index contributed by atoms with van der Waals surface area (Å²) in [5.74, 6) is 0. The number of hydrogen-bond acceptors (Lipinski definition) is 2. The van der Waals surface area contributed by atoms with E-state index in [-0.39, 0.29) is 10.7 Å². The van der Waals surface area contributed by atoms with Gasteiger partial charge >= 0.3 is 0 Å². The van der Waals surface area contributed by atoms with Gasteiger partial charge in [0.2, 0.25) is 0 Å². The van der Waals surface area contributed by atoms with E-state index in [1.165, 1.54) is 18.3 Å². The predicted octanol–water partition coefficient (Wildman–Crippen LogP) is 1.79. The second-order valence-electron chi connectivity index (χ2n) is 1.79. The highest BCUT2D eigenvalue weighted by Crippen LogP contribution is 2.18. The van der Waals surface area contributed by atoms with E-state index in [0.29, 0.717) is 0 Å². The molecule has 1 rings (SSSR count). The smallest absolute Gasteiger partial charge is 0.134 e. The van der Waals surface area contributed by atoms with Crippen LogP contribution in [-0.2, 0) is 0 Å². The van der Waals surface area contributed by atoms with Crippen molar-refractivity contribution in [3.8, 4) is 0 Å². The van der Waals surface area contributed by atoms with Crippen molar-refractivity contribution in [2.75, 3.05) is 0 Å². The zero-order valence-corrected chi connectivity index (χ0v) is 5.84. The molecule has 0 fully saturated rings. The molecule has 0 radical (unpaired) electrons. The van der Waals surface area contributed by atoms with Gasteiger partial charge in [0.25, 0.3) is 0 Å². The molecule has 0 aliphatic carbocycles. The molecule has 1 aromatic heterocycles. The summed E-state index contributed by atoms with van der Waals surface area (Å²) in [4.78, 5) is 3.67. The highest BCUT2D eigenvalue weighted by molar-refractivity contribution is 6.30. The number of rotatable bonds is 1. The SMILES string of the molecule is [2H]C([2H])([2H])C(O)c1cccnc1Cl. The molecule has 1 atom stereocenters. The monoisotopic (exact) mass is 160 g/mol. The summed E-state index contributed by atoms with van der Waals surface area (Å²) in [6, 6.07) is 2.96. The van der Waals surface area contributed by atoms with Gasteiger partial charge in [-0.2, -0.15) is 0 Å². The Morgan fingerprint density at radius 1 is 1.90 bits per heavy atom. The van der Waals surface area contributed by atoms with Gasteiger partial charge in [-0.25, -0.2) is 4.98 Å². The van der Waals surface area contributed by atoms with Gasteiger partial charge in [0, 0.05) is 15.9 Å². The molecule has 0 aliphatic rings. The topological polar surface area (TPSA) is 33.1 Å². The maximum Gasteiger partial charge on any atom is 0.134 e. The zero-order chi connectivity index (χ0) is 10.1. The molecule has 0 bridgehead atoms. The first-order valence-corrected chi connectivity index (χ1v) is 3.09. The molecular formula is C7H8ClNO. The molecule has 54 valence electrons. The zero-order valence-electron chi connectivity index (χ0n) is 8.08. The number of aliphatic hydroxyl groups is 1. The second kappa shape index (κ2) is 2.99. The van der Waals surface area contributed by atoms with Gasteiger partial charge in [-0.3, -0.25) is 0 Å². The van der Waals surface area contributed by atoms with Crippen LogP contribution >= 0.6 is 11.6 Å². The van der Waals surface area contributed by atoms with Gasteiger partial charge in [0.15, 0.2) is 0 Å². The van der Waals surface area contributed by atoms with Crippen molar-refractivity contribution in [3.63, 3.8) is 0 Å². The quantitative estimate of drug-likeness (QED) is 0.636. The van der Waals surface area contributed by atoms with E-state index in [1.807, 2.05) is 0 Å². The van der Waals surface area contributed by atoms with Crippen LogP contribution in [0.4, 0.5) is 0 Å². The molecule has 0 amide bonds. The molecule has 1 heterocycles. The highest BCUT2D eigenvalue weighted by atomic mass is 35.5. The van der Waals surface area contributed by atoms with Gasteiger partial charge in [-0.1, -0.05) is 17.7 Å². The Morgan fingerprint density at radius 3 is 3.30 bits per heavy atom. The van der Waals surface area contributed by atoms with E-state index in [4.69, 9.17) is 15.7 Å². The minimum absolute atomic E-state index is 0.0196. The molecule has 3 heteroatoms. The Hall–Kier alpha value is -0.600. The Morgan fingerprint density at radius 2 is 2.70 bits per heavy atom. The summed E-state index contributed by atoms with van der Waals surface area (Å²) in [5.41, 5.74) is 0.129. The van der Waals surface area contributed by atoms with Gasteiger partial charge in [0.05, 0.1) is 6.10 Å². The van der Waals surface area contributed by atoms with Crippen LogP contribution in [0.2, 0.25) is 5.15 Å². The lowest BCUT2D eigenvalue weighted by Gasteiger charge is -2.03. The van der Waals surface area contributed by atoms with Crippen molar-refractivity contribution in [2.24, 2.45) is 0 Å². The lowest BCUT2D eigenvalue weighted by atomic mass is 10.2. The fourth-order valence-electron chi connectivity index (χ4n) is 0.602. The van der Waals surface area contributed by atoms with Crippen molar-refractivity contribution < 1.29 is 9.22 Å². The molecule has 0 saturated carbocycles. The first-order valence-electron chi connectivity index (χ1n) is 4.21. The van der Waals surface area contributed by atoms with Crippen LogP contribution in [-0.4, -0.2) is 10.1 Å². The van der Waals surface area contributed by atoms with Crippen LogP contribution < -0.4 is 0 Å². The van der Waals surface area contributed by atoms with Crippen molar-refractivity contribution in [3.05, 3.63) is 29.0 Å². The van der Waals surface area contributed by atoms with Gasteiger partial charge in [-0.15, -0.1) is 0 Å². The van der Waals surface area contributed by atoms with Gasteiger partial charge in [-0.05, 0) is 12.9 Å². The maximum absolute atomic E-state index is 9.35. The average molecular weight is 161 g/mol. The maximum atomic E-state index is 9.35. The lowest BCUT2D eigenvalue weighted by Crippen LogP contribution is -1.92. The molecular weight excluding hydrogens is 150 g/mol. The number of pyridine rings is 1. The van der Waals surface area contributed by atoms with E-state index in [9.17, 15) is 5.11 Å². The largest absolute Gasteiger partial charge is 0.389 e.